The lowest BCUT2D eigenvalue weighted by atomic mass is 9.89. The minimum Gasteiger partial charge on any atom is -0.399 e. The van der Waals surface area contributed by atoms with Crippen LogP contribution in [-0.2, 0) is 4.79 Å². The quantitative estimate of drug-likeness (QED) is 0.572. The minimum absolute atomic E-state index is 0.0518. The molecule has 3 aromatic rings. The van der Waals surface area contributed by atoms with E-state index in [0.717, 1.165) is 42.0 Å². The first-order chi connectivity index (χ1) is 15.1. The van der Waals surface area contributed by atoms with Crippen molar-refractivity contribution in [3.63, 3.8) is 0 Å². The van der Waals surface area contributed by atoms with Crippen LogP contribution in [0.3, 0.4) is 0 Å². The molecule has 4 rings (SSSR count). The van der Waals surface area contributed by atoms with Crippen LogP contribution in [0.15, 0.2) is 84.9 Å². The predicted octanol–water partition coefficient (Wildman–Crippen LogP) is 4.70. The Balaban J connectivity index is 1.69. The summed E-state index contributed by atoms with van der Waals surface area (Å²) in [5.74, 6) is -0.237. The Hall–Kier alpha value is -3.11. The number of benzene rings is 3. The fourth-order valence-electron chi connectivity index (χ4n) is 4.55. The molecular weight excluding hydrogens is 382 g/mol. The lowest BCUT2D eigenvalue weighted by Gasteiger charge is -2.34. The zero-order valence-electron chi connectivity index (χ0n) is 18.2. The van der Waals surface area contributed by atoms with Crippen molar-refractivity contribution in [2.45, 2.75) is 24.8 Å². The SMILES string of the molecule is CN(C(=O)C(c1ccccc1)c1ccccc1)C(CN1CCCC1)c1cccc(N)c1. The molecule has 160 valence electrons. The summed E-state index contributed by atoms with van der Waals surface area (Å²) in [5.41, 5.74) is 9.94. The van der Waals surface area contributed by atoms with Crippen LogP contribution in [0.25, 0.3) is 0 Å². The lowest BCUT2D eigenvalue weighted by molar-refractivity contribution is -0.133. The average Bonchev–Trinajstić information content (AvgIpc) is 3.32. The number of hydrogen-bond donors (Lipinski definition) is 1. The Morgan fingerprint density at radius 3 is 1.97 bits per heavy atom. The number of anilines is 1. The van der Waals surface area contributed by atoms with E-state index in [1.165, 1.54) is 12.8 Å². The molecule has 31 heavy (non-hydrogen) atoms. The van der Waals surface area contributed by atoms with Crippen LogP contribution in [-0.4, -0.2) is 42.4 Å². The largest absolute Gasteiger partial charge is 0.399 e. The van der Waals surface area contributed by atoms with Crippen molar-refractivity contribution in [2.24, 2.45) is 0 Å². The van der Waals surface area contributed by atoms with Crippen LogP contribution in [0.4, 0.5) is 5.69 Å². The first-order valence-electron chi connectivity index (χ1n) is 11.1. The topological polar surface area (TPSA) is 49.6 Å². The summed E-state index contributed by atoms with van der Waals surface area (Å²) in [7, 11) is 1.94. The van der Waals surface area contributed by atoms with Crippen molar-refractivity contribution in [1.29, 1.82) is 0 Å². The van der Waals surface area contributed by atoms with Gasteiger partial charge in [0.15, 0.2) is 0 Å². The van der Waals surface area contributed by atoms with E-state index >= 15 is 0 Å². The molecule has 0 aromatic heterocycles. The second kappa shape index (κ2) is 9.80. The van der Waals surface area contributed by atoms with Crippen molar-refractivity contribution in [3.05, 3.63) is 102 Å². The van der Waals surface area contributed by atoms with Gasteiger partial charge in [0.1, 0.15) is 0 Å². The third-order valence-corrected chi connectivity index (χ3v) is 6.25. The van der Waals surface area contributed by atoms with Gasteiger partial charge in [0.05, 0.1) is 12.0 Å². The van der Waals surface area contributed by atoms with E-state index in [1.807, 2.05) is 90.8 Å². The minimum atomic E-state index is -0.338. The van der Waals surface area contributed by atoms with E-state index in [0.29, 0.717) is 0 Å². The Morgan fingerprint density at radius 2 is 1.42 bits per heavy atom. The van der Waals surface area contributed by atoms with E-state index in [-0.39, 0.29) is 17.9 Å². The van der Waals surface area contributed by atoms with Crippen LogP contribution in [0.2, 0.25) is 0 Å². The number of likely N-dealkylation sites (N-methyl/N-ethyl adjacent to an activating group) is 1. The standard InChI is InChI=1S/C27H31N3O/c1-29(25(20-30-17-8-9-18-30)23-15-10-16-24(28)19-23)27(31)26(21-11-4-2-5-12-21)22-13-6-3-7-14-22/h2-7,10-16,19,25-26H,8-9,17-18,20,28H2,1H3. The van der Waals surface area contributed by atoms with Crippen molar-refractivity contribution >= 4 is 11.6 Å². The van der Waals surface area contributed by atoms with Crippen LogP contribution in [0.1, 0.15) is 41.5 Å². The van der Waals surface area contributed by atoms with Gasteiger partial charge in [-0.2, -0.15) is 0 Å². The highest BCUT2D eigenvalue weighted by atomic mass is 16.2. The summed E-state index contributed by atoms with van der Waals surface area (Å²) in [6.45, 7) is 2.99. The first-order valence-corrected chi connectivity index (χ1v) is 11.1. The van der Waals surface area contributed by atoms with Gasteiger partial charge in [-0.25, -0.2) is 0 Å². The Labute approximate surface area is 185 Å². The highest BCUT2D eigenvalue weighted by Gasteiger charge is 2.31. The van der Waals surface area contributed by atoms with E-state index in [1.54, 1.807) is 0 Å². The number of carbonyl (C=O) groups is 1. The normalized spacial score (nSPS) is 15.2. The van der Waals surface area contributed by atoms with Gasteiger partial charge in [-0.15, -0.1) is 0 Å². The van der Waals surface area contributed by atoms with Gasteiger partial charge in [-0.1, -0.05) is 72.8 Å². The number of likely N-dealkylation sites (tertiary alicyclic amines) is 1. The molecule has 1 unspecified atom stereocenters. The van der Waals surface area contributed by atoms with E-state index < -0.39 is 0 Å². The van der Waals surface area contributed by atoms with E-state index in [4.69, 9.17) is 5.73 Å². The summed E-state index contributed by atoms with van der Waals surface area (Å²) < 4.78 is 0. The summed E-state index contributed by atoms with van der Waals surface area (Å²) in [6, 6.07) is 28.0. The Bertz CT molecular complexity index is 944. The molecule has 1 atom stereocenters. The van der Waals surface area contributed by atoms with E-state index in [9.17, 15) is 4.79 Å². The summed E-state index contributed by atoms with van der Waals surface area (Å²) in [5, 5.41) is 0. The van der Waals surface area contributed by atoms with Gasteiger partial charge in [-0.3, -0.25) is 4.79 Å². The highest BCUT2D eigenvalue weighted by Crippen LogP contribution is 2.31. The third-order valence-electron chi connectivity index (χ3n) is 6.25. The molecule has 3 aromatic carbocycles. The molecule has 1 saturated heterocycles. The number of rotatable bonds is 7. The summed E-state index contributed by atoms with van der Waals surface area (Å²) >= 11 is 0. The van der Waals surface area contributed by atoms with Crippen LogP contribution in [0, 0.1) is 0 Å². The smallest absolute Gasteiger partial charge is 0.234 e. The monoisotopic (exact) mass is 413 g/mol. The van der Waals surface area contributed by atoms with E-state index in [2.05, 4.69) is 11.0 Å². The molecule has 0 aliphatic carbocycles. The summed E-state index contributed by atoms with van der Waals surface area (Å²) in [6.07, 6.45) is 2.44. The molecule has 0 bridgehead atoms. The summed E-state index contributed by atoms with van der Waals surface area (Å²) in [4.78, 5) is 18.4. The molecule has 1 fully saturated rings. The molecule has 0 saturated carbocycles. The van der Waals surface area contributed by atoms with Crippen molar-refractivity contribution < 1.29 is 4.79 Å². The molecule has 0 spiro atoms. The van der Waals surface area contributed by atoms with Gasteiger partial charge < -0.3 is 15.5 Å². The Kier molecular flexibility index (Phi) is 6.68. The highest BCUT2D eigenvalue weighted by molar-refractivity contribution is 5.87. The zero-order chi connectivity index (χ0) is 21.6. The second-order valence-corrected chi connectivity index (χ2v) is 8.40. The van der Waals surface area contributed by atoms with Gasteiger partial charge in [0, 0.05) is 19.3 Å². The number of hydrogen-bond acceptors (Lipinski definition) is 3. The van der Waals surface area contributed by atoms with Crippen molar-refractivity contribution in [3.8, 4) is 0 Å². The number of nitrogens with zero attached hydrogens (tertiary/aromatic N) is 2. The average molecular weight is 414 g/mol. The molecular formula is C27H31N3O. The number of nitrogen functional groups attached to an aromatic ring is 1. The fraction of sp³-hybridized carbons (Fsp3) is 0.296. The van der Waals surface area contributed by atoms with Gasteiger partial charge in [-0.05, 0) is 54.8 Å². The maximum atomic E-state index is 14.0. The zero-order valence-corrected chi connectivity index (χ0v) is 18.2. The molecule has 1 heterocycles. The predicted molar refractivity (Wildman–Crippen MR) is 127 cm³/mol. The number of nitrogens with two attached hydrogens (primary N) is 1. The molecule has 4 nitrogen and oxygen atoms in total. The van der Waals surface area contributed by atoms with Gasteiger partial charge >= 0.3 is 0 Å². The van der Waals surface area contributed by atoms with Crippen molar-refractivity contribution in [1.82, 2.24) is 9.80 Å². The van der Waals surface area contributed by atoms with Crippen LogP contribution < -0.4 is 5.73 Å². The number of carbonyl (C=O) groups excluding carboxylic acids is 1. The molecule has 1 aliphatic rings. The molecule has 2 N–H and O–H groups in total. The van der Waals surface area contributed by atoms with Gasteiger partial charge in [0.2, 0.25) is 5.91 Å². The van der Waals surface area contributed by atoms with Crippen molar-refractivity contribution in [2.75, 3.05) is 32.4 Å². The van der Waals surface area contributed by atoms with Gasteiger partial charge in [0.25, 0.3) is 0 Å². The second-order valence-electron chi connectivity index (χ2n) is 8.40. The maximum absolute atomic E-state index is 14.0. The molecule has 1 aliphatic heterocycles. The molecule has 0 radical (unpaired) electrons. The molecule has 4 heteroatoms. The van der Waals surface area contributed by atoms with Crippen LogP contribution in [0.5, 0.6) is 0 Å². The number of amides is 1. The molecule has 1 amide bonds. The first kappa shape index (κ1) is 21.1. The fourth-order valence-corrected chi connectivity index (χ4v) is 4.55. The maximum Gasteiger partial charge on any atom is 0.234 e. The van der Waals surface area contributed by atoms with Crippen LogP contribution >= 0.6 is 0 Å². The lowest BCUT2D eigenvalue weighted by Crippen LogP contribution is -2.41. The third kappa shape index (κ3) is 4.97. The Morgan fingerprint density at radius 1 is 0.871 bits per heavy atom.